The Kier molecular flexibility index (Phi) is 5.32. The zero-order chi connectivity index (χ0) is 14.5. The average molecular weight is 323 g/mol. The average Bonchev–Trinajstić information content (AvgIpc) is 2.82. The third-order valence-electron chi connectivity index (χ3n) is 3.59. The van der Waals surface area contributed by atoms with E-state index in [0.29, 0.717) is 0 Å². The van der Waals surface area contributed by atoms with Crippen LogP contribution in [0.15, 0.2) is 11.4 Å². The van der Waals surface area contributed by atoms with E-state index in [-0.39, 0.29) is 0 Å². The lowest BCUT2D eigenvalue weighted by Gasteiger charge is -2.18. The van der Waals surface area contributed by atoms with Crippen molar-refractivity contribution in [3.05, 3.63) is 17.3 Å². The maximum Gasteiger partial charge on any atom is 0.146 e. The van der Waals surface area contributed by atoms with Crippen LogP contribution >= 0.6 is 23.1 Å². The predicted molar refractivity (Wildman–Crippen MR) is 93.4 cm³/mol. The van der Waals surface area contributed by atoms with Crippen molar-refractivity contribution in [3.63, 3.8) is 0 Å². The van der Waals surface area contributed by atoms with Gasteiger partial charge in [0.25, 0.3) is 0 Å². The minimum absolute atomic E-state index is 0.870. The minimum Gasteiger partial charge on any atom is -0.369 e. The molecule has 0 atom stereocenters. The van der Waals surface area contributed by atoms with Crippen LogP contribution in [0, 0.1) is 0 Å². The van der Waals surface area contributed by atoms with Crippen LogP contribution in [0.5, 0.6) is 0 Å². The van der Waals surface area contributed by atoms with E-state index in [4.69, 9.17) is 9.97 Å². The molecule has 0 aromatic carbocycles. The van der Waals surface area contributed by atoms with Gasteiger partial charge < -0.3 is 5.32 Å². The highest BCUT2D eigenvalue weighted by molar-refractivity contribution is 7.99. The van der Waals surface area contributed by atoms with Gasteiger partial charge in [0.2, 0.25) is 0 Å². The van der Waals surface area contributed by atoms with E-state index >= 15 is 0 Å². The van der Waals surface area contributed by atoms with Crippen LogP contribution in [0.4, 0.5) is 5.82 Å². The van der Waals surface area contributed by atoms with Gasteiger partial charge in [0.1, 0.15) is 16.5 Å². The summed E-state index contributed by atoms with van der Waals surface area (Å²) >= 11 is 3.76. The number of nitrogens with zero attached hydrogens (tertiary/aromatic N) is 3. The van der Waals surface area contributed by atoms with Gasteiger partial charge in [-0.25, -0.2) is 9.97 Å². The molecule has 3 heterocycles. The summed E-state index contributed by atoms with van der Waals surface area (Å²) < 4.78 is 0. The van der Waals surface area contributed by atoms with Crippen molar-refractivity contribution >= 4 is 39.1 Å². The van der Waals surface area contributed by atoms with E-state index in [2.05, 4.69) is 40.3 Å². The molecule has 114 valence electrons. The Morgan fingerprint density at radius 1 is 1.29 bits per heavy atom. The van der Waals surface area contributed by atoms with Crippen molar-refractivity contribution in [2.75, 3.05) is 36.5 Å². The zero-order valence-electron chi connectivity index (χ0n) is 12.5. The zero-order valence-corrected chi connectivity index (χ0v) is 14.1. The highest BCUT2D eigenvalue weighted by atomic mass is 32.2. The summed E-state index contributed by atoms with van der Waals surface area (Å²) in [5, 5.41) is 6.70. The molecule has 0 unspecified atom stereocenters. The Morgan fingerprint density at radius 3 is 3.14 bits per heavy atom. The number of anilines is 1. The Bertz CT molecular complexity index is 576. The molecule has 4 nitrogen and oxygen atoms in total. The lowest BCUT2D eigenvalue weighted by molar-refractivity contribution is 0.281. The van der Waals surface area contributed by atoms with E-state index in [0.717, 1.165) is 54.5 Å². The molecule has 0 saturated carbocycles. The van der Waals surface area contributed by atoms with Gasteiger partial charge in [-0.2, -0.15) is 11.8 Å². The first kappa shape index (κ1) is 15.1. The Hall–Kier alpha value is -0.850. The van der Waals surface area contributed by atoms with Crippen LogP contribution in [0.1, 0.15) is 25.6 Å². The molecule has 1 N–H and O–H groups in total. The molecular formula is C15H22N4S2. The quantitative estimate of drug-likeness (QED) is 0.913. The molecule has 21 heavy (non-hydrogen) atoms. The fourth-order valence-electron chi connectivity index (χ4n) is 2.50. The molecule has 3 rings (SSSR count). The van der Waals surface area contributed by atoms with Crippen LogP contribution in [0.25, 0.3) is 10.2 Å². The topological polar surface area (TPSA) is 41.1 Å². The highest BCUT2D eigenvalue weighted by Crippen LogP contribution is 2.25. The molecular weight excluding hydrogens is 300 g/mol. The van der Waals surface area contributed by atoms with E-state index in [1.165, 1.54) is 17.9 Å². The van der Waals surface area contributed by atoms with Crippen molar-refractivity contribution in [2.24, 2.45) is 0 Å². The summed E-state index contributed by atoms with van der Waals surface area (Å²) in [6.45, 7) is 6.32. The second kappa shape index (κ2) is 7.42. The number of rotatable bonds is 5. The Balaban J connectivity index is 1.80. The summed E-state index contributed by atoms with van der Waals surface area (Å²) in [6.07, 6.45) is 2.38. The van der Waals surface area contributed by atoms with Crippen LogP contribution < -0.4 is 5.32 Å². The smallest absolute Gasteiger partial charge is 0.146 e. The molecule has 1 saturated heterocycles. The van der Waals surface area contributed by atoms with Crippen molar-refractivity contribution < 1.29 is 0 Å². The summed E-state index contributed by atoms with van der Waals surface area (Å²) in [5.74, 6) is 4.46. The molecule has 6 heteroatoms. The van der Waals surface area contributed by atoms with Crippen LogP contribution in [0.3, 0.4) is 0 Å². The van der Waals surface area contributed by atoms with Crippen LogP contribution in [-0.4, -0.2) is 46.0 Å². The maximum atomic E-state index is 4.77. The monoisotopic (exact) mass is 322 g/mol. The fourth-order valence-corrected chi connectivity index (χ4v) is 4.21. The van der Waals surface area contributed by atoms with Crippen LogP contribution in [-0.2, 0) is 6.54 Å². The third-order valence-corrected chi connectivity index (χ3v) is 5.45. The SMILES string of the molecule is CCCNc1nc(CN2CCCSCC2)nc2sccc12. The van der Waals surface area contributed by atoms with Gasteiger partial charge in [0.05, 0.1) is 11.9 Å². The van der Waals surface area contributed by atoms with Gasteiger partial charge in [-0.05, 0) is 36.6 Å². The Morgan fingerprint density at radius 2 is 2.24 bits per heavy atom. The van der Waals surface area contributed by atoms with E-state index in [1.807, 2.05) is 0 Å². The van der Waals surface area contributed by atoms with Crippen LogP contribution in [0.2, 0.25) is 0 Å². The predicted octanol–water partition coefficient (Wildman–Crippen LogP) is 3.45. The largest absolute Gasteiger partial charge is 0.369 e. The molecule has 0 radical (unpaired) electrons. The van der Waals surface area contributed by atoms with Gasteiger partial charge in [-0.3, -0.25) is 4.90 Å². The standard InChI is InChI=1S/C15H22N4S2/c1-2-5-16-14-12-4-9-21-15(12)18-13(17-14)11-19-6-3-8-20-10-7-19/h4,9H,2-3,5-8,10-11H2,1H3,(H,16,17,18). The number of thiophene rings is 1. The molecule has 2 aromatic rings. The van der Waals surface area contributed by atoms with Crippen molar-refractivity contribution in [2.45, 2.75) is 26.3 Å². The first-order valence-electron chi connectivity index (χ1n) is 7.65. The van der Waals surface area contributed by atoms with Crippen molar-refractivity contribution in [3.8, 4) is 0 Å². The van der Waals surface area contributed by atoms with Gasteiger partial charge in [0, 0.05) is 18.8 Å². The number of hydrogen-bond donors (Lipinski definition) is 1. The van der Waals surface area contributed by atoms with Crippen molar-refractivity contribution in [1.29, 1.82) is 0 Å². The summed E-state index contributed by atoms with van der Waals surface area (Å²) in [5.41, 5.74) is 0. The van der Waals surface area contributed by atoms with Gasteiger partial charge >= 0.3 is 0 Å². The minimum atomic E-state index is 0.870. The third kappa shape index (κ3) is 3.87. The normalized spacial score (nSPS) is 17.0. The van der Waals surface area contributed by atoms with Gasteiger partial charge in [0.15, 0.2) is 0 Å². The number of nitrogens with one attached hydrogen (secondary N) is 1. The van der Waals surface area contributed by atoms with Gasteiger partial charge in [-0.15, -0.1) is 11.3 Å². The van der Waals surface area contributed by atoms with E-state index in [1.54, 1.807) is 11.3 Å². The number of fused-ring (bicyclic) bond motifs is 1. The molecule has 0 spiro atoms. The fraction of sp³-hybridized carbons (Fsp3) is 0.600. The lowest BCUT2D eigenvalue weighted by atomic mass is 10.3. The molecule has 0 bridgehead atoms. The first-order chi connectivity index (χ1) is 10.4. The molecule has 2 aromatic heterocycles. The van der Waals surface area contributed by atoms with Crippen molar-refractivity contribution in [1.82, 2.24) is 14.9 Å². The number of thioether (sulfide) groups is 1. The number of hydrogen-bond acceptors (Lipinski definition) is 6. The molecule has 1 aliphatic heterocycles. The molecule has 1 fully saturated rings. The van der Waals surface area contributed by atoms with E-state index < -0.39 is 0 Å². The van der Waals surface area contributed by atoms with Gasteiger partial charge in [-0.1, -0.05) is 6.92 Å². The molecule has 0 aliphatic carbocycles. The summed E-state index contributed by atoms with van der Waals surface area (Å²) in [7, 11) is 0. The summed E-state index contributed by atoms with van der Waals surface area (Å²) in [4.78, 5) is 13.1. The molecule has 0 amide bonds. The van der Waals surface area contributed by atoms with E-state index in [9.17, 15) is 0 Å². The summed E-state index contributed by atoms with van der Waals surface area (Å²) in [6, 6.07) is 2.12. The first-order valence-corrected chi connectivity index (χ1v) is 9.68. The second-order valence-corrected chi connectivity index (χ2v) is 7.42. The highest BCUT2D eigenvalue weighted by Gasteiger charge is 2.14. The maximum absolute atomic E-state index is 4.77. The number of aromatic nitrogens is 2. The Labute approximate surface area is 134 Å². The second-order valence-electron chi connectivity index (χ2n) is 5.30. The lowest BCUT2D eigenvalue weighted by Crippen LogP contribution is -2.26. The molecule has 1 aliphatic rings.